The molecule has 1 aromatic carbocycles. The zero-order chi connectivity index (χ0) is 18.1. The topological polar surface area (TPSA) is 25.8 Å². The average Bonchev–Trinajstić information content (AvgIpc) is 2.67. The summed E-state index contributed by atoms with van der Waals surface area (Å²) in [6, 6.07) is 10.1. The molecule has 2 nitrogen and oxygen atoms in total. The smallest absolute Gasteiger partial charge is 0.0973 e. The molecule has 0 bridgehead atoms. The van der Waals surface area contributed by atoms with Gasteiger partial charge in [-0.1, -0.05) is 79.4 Å². The van der Waals surface area contributed by atoms with Crippen molar-refractivity contribution in [2.45, 2.75) is 20.8 Å². The van der Waals surface area contributed by atoms with Gasteiger partial charge in [-0.2, -0.15) is 0 Å². The molecule has 2 aromatic rings. The molecular weight excluding hydrogens is 304 g/mol. The third kappa shape index (κ3) is 4.51. The van der Waals surface area contributed by atoms with Crippen LogP contribution in [0.4, 0.5) is 0 Å². The lowest BCUT2D eigenvalue weighted by atomic mass is 10.0. The second kappa shape index (κ2) is 9.33. The van der Waals surface area contributed by atoms with Crippen molar-refractivity contribution in [3.8, 4) is 11.3 Å². The molecule has 1 aromatic heterocycles. The molecule has 0 aliphatic rings. The third-order valence-corrected chi connectivity index (χ3v) is 3.68. The van der Waals surface area contributed by atoms with Crippen LogP contribution in [0.5, 0.6) is 0 Å². The van der Waals surface area contributed by atoms with E-state index in [4.69, 9.17) is 9.97 Å². The Labute approximate surface area is 150 Å². The van der Waals surface area contributed by atoms with Crippen LogP contribution >= 0.6 is 0 Å². The number of nitrogens with zero attached hydrogens (tertiary/aromatic N) is 2. The summed E-state index contributed by atoms with van der Waals surface area (Å²) in [7, 11) is 0. The van der Waals surface area contributed by atoms with E-state index in [-0.39, 0.29) is 0 Å². The van der Waals surface area contributed by atoms with E-state index in [0.29, 0.717) is 0 Å². The van der Waals surface area contributed by atoms with Gasteiger partial charge < -0.3 is 0 Å². The van der Waals surface area contributed by atoms with E-state index in [1.165, 1.54) is 0 Å². The first kappa shape index (κ1) is 18.3. The molecule has 0 N–H and O–H groups in total. The van der Waals surface area contributed by atoms with Gasteiger partial charge in [-0.15, -0.1) is 0 Å². The first-order valence-corrected chi connectivity index (χ1v) is 8.43. The minimum absolute atomic E-state index is 0.838. The molecule has 0 unspecified atom stereocenters. The molecule has 2 heteroatoms. The fourth-order valence-corrected chi connectivity index (χ4v) is 2.43. The number of hydrogen-bond donors (Lipinski definition) is 0. The Morgan fingerprint density at radius 1 is 0.920 bits per heavy atom. The molecule has 126 valence electrons. The maximum Gasteiger partial charge on any atom is 0.0973 e. The van der Waals surface area contributed by atoms with E-state index in [9.17, 15) is 0 Å². The van der Waals surface area contributed by atoms with Gasteiger partial charge in [-0.25, -0.2) is 9.97 Å². The van der Waals surface area contributed by atoms with E-state index in [2.05, 4.69) is 18.7 Å². The van der Waals surface area contributed by atoms with Crippen LogP contribution in [-0.4, -0.2) is 9.97 Å². The van der Waals surface area contributed by atoms with Crippen molar-refractivity contribution in [3.05, 3.63) is 89.8 Å². The lowest BCUT2D eigenvalue weighted by Crippen LogP contribution is -2.33. The highest BCUT2D eigenvalue weighted by molar-refractivity contribution is 5.81. The number of aromatic nitrogens is 2. The molecular formula is C23H24N2. The average molecular weight is 328 g/mol. The molecule has 0 amide bonds. The summed E-state index contributed by atoms with van der Waals surface area (Å²) in [4.78, 5) is 9.80. The fourth-order valence-electron chi connectivity index (χ4n) is 2.43. The highest BCUT2D eigenvalue weighted by Gasteiger charge is 2.11. The van der Waals surface area contributed by atoms with Crippen molar-refractivity contribution in [3.63, 3.8) is 0 Å². The summed E-state index contributed by atoms with van der Waals surface area (Å²) in [5, 5.41) is 1.72. The standard InChI is InChI=1S/C23H24N2/c1-5-9-14-18(7-3)22-23(19-15-12-11-13-16-19)25-21(17-10-6-2)20(8-4)24-22/h5-17H,3H2,1-2,4H3/b9-5-,10-6-,18-14+,20-8+,21-17+. The summed E-state index contributed by atoms with van der Waals surface area (Å²) in [5.41, 5.74) is 3.68. The van der Waals surface area contributed by atoms with Crippen molar-refractivity contribution >= 4 is 17.7 Å². The normalized spacial score (nSPS) is 14.0. The van der Waals surface area contributed by atoms with Crippen molar-refractivity contribution < 1.29 is 0 Å². The minimum atomic E-state index is 0.838. The maximum absolute atomic E-state index is 4.91. The van der Waals surface area contributed by atoms with E-state index < -0.39 is 0 Å². The monoisotopic (exact) mass is 328 g/mol. The van der Waals surface area contributed by atoms with Gasteiger partial charge in [-0.3, -0.25) is 0 Å². The zero-order valence-corrected chi connectivity index (χ0v) is 15.1. The van der Waals surface area contributed by atoms with E-state index >= 15 is 0 Å². The summed E-state index contributed by atoms with van der Waals surface area (Å²) >= 11 is 0. The Morgan fingerprint density at radius 3 is 2.24 bits per heavy atom. The van der Waals surface area contributed by atoms with Gasteiger partial charge in [0, 0.05) is 11.1 Å². The summed E-state index contributed by atoms with van der Waals surface area (Å²) in [5.74, 6) is 0. The Morgan fingerprint density at radius 2 is 1.64 bits per heavy atom. The number of hydrogen-bond acceptors (Lipinski definition) is 2. The summed E-state index contributed by atoms with van der Waals surface area (Å²) < 4.78 is 0. The SMILES string of the molecule is C=C/C(=C\C=C/C)c1nc(=C/C)/c(=C\C=C/C)nc1-c1ccccc1. The third-order valence-electron chi connectivity index (χ3n) is 3.68. The highest BCUT2D eigenvalue weighted by Crippen LogP contribution is 2.24. The molecule has 0 spiro atoms. The van der Waals surface area contributed by atoms with Crippen molar-refractivity contribution in [1.82, 2.24) is 9.97 Å². The molecule has 0 saturated carbocycles. The van der Waals surface area contributed by atoms with Gasteiger partial charge in [0.1, 0.15) is 0 Å². The molecule has 0 aliphatic heterocycles. The van der Waals surface area contributed by atoms with Gasteiger partial charge in [0.05, 0.1) is 22.1 Å². The quantitative estimate of drug-likeness (QED) is 0.758. The molecule has 0 saturated heterocycles. The molecule has 0 radical (unpaired) electrons. The van der Waals surface area contributed by atoms with Crippen LogP contribution in [0.2, 0.25) is 0 Å². The summed E-state index contributed by atoms with van der Waals surface area (Å²) in [6.45, 7) is 9.91. The second-order valence-corrected chi connectivity index (χ2v) is 5.39. The molecule has 0 fully saturated rings. The number of rotatable bonds is 5. The van der Waals surface area contributed by atoms with Gasteiger partial charge in [0.2, 0.25) is 0 Å². The van der Waals surface area contributed by atoms with E-state index in [0.717, 1.165) is 33.2 Å². The molecule has 0 aliphatic carbocycles. The molecule has 2 rings (SSSR count). The predicted octanol–water partition coefficient (Wildman–Crippen LogP) is 4.45. The minimum Gasteiger partial charge on any atom is -0.244 e. The van der Waals surface area contributed by atoms with Crippen molar-refractivity contribution in [1.29, 1.82) is 0 Å². The Balaban J connectivity index is 2.88. The van der Waals surface area contributed by atoms with E-state index in [1.807, 2.05) is 87.6 Å². The van der Waals surface area contributed by atoms with Crippen LogP contribution in [0.1, 0.15) is 26.5 Å². The van der Waals surface area contributed by atoms with Crippen LogP contribution in [0, 0.1) is 0 Å². The van der Waals surface area contributed by atoms with Crippen molar-refractivity contribution in [2.75, 3.05) is 0 Å². The van der Waals surface area contributed by atoms with Crippen molar-refractivity contribution in [2.24, 2.45) is 0 Å². The van der Waals surface area contributed by atoms with Gasteiger partial charge in [-0.05, 0) is 26.8 Å². The lowest BCUT2D eigenvalue weighted by molar-refractivity contribution is 1.08. The Kier molecular flexibility index (Phi) is 6.85. The molecule has 1 heterocycles. The Hall–Kier alpha value is -3.00. The Bertz CT molecular complexity index is 930. The lowest BCUT2D eigenvalue weighted by Gasteiger charge is -2.09. The van der Waals surface area contributed by atoms with Gasteiger partial charge in [0.25, 0.3) is 0 Å². The molecule has 25 heavy (non-hydrogen) atoms. The van der Waals surface area contributed by atoms with Gasteiger partial charge in [0.15, 0.2) is 0 Å². The predicted molar refractivity (Wildman–Crippen MR) is 109 cm³/mol. The maximum atomic E-state index is 4.91. The van der Waals surface area contributed by atoms with Crippen LogP contribution < -0.4 is 10.7 Å². The fraction of sp³-hybridized carbons (Fsp3) is 0.130. The number of benzene rings is 1. The van der Waals surface area contributed by atoms with Gasteiger partial charge >= 0.3 is 0 Å². The zero-order valence-electron chi connectivity index (χ0n) is 15.1. The molecule has 0 atom stereocenters. The largest absolute Gasteiger partial charge is 0.244 e. The number of allylic oxidation sites excluding steroid dienone is 7. The van der Waals surface area contributed by atoms with Crippen LogP contribution in [0.15, 0.2) is 73.4 Å². The van der Waals surface area contributed by atoms with E-state index in [1.54, 1.807) is 0 Å². The first-order chi connectivity index (χ1) is 12.2. The van der Waals surface area contributed by atoms with Crippen LogP contribution in [0.25, 0.3) is 29.0 Å². The van der Waals surface area contributed by atoms with Crippen LogP contribution in [-0.2, 0) is 0 Å². The second-order valence-electron chi connectivity index (χ2n) is 5.39. The summed E-state index contributed by atoms with van der Waals surface area (Å²) in [6.07, 6.45) is 15.7. The first-order valence-electron chi connectivity index (χ1n) is 8.43. The highest BCUT2D eigenvalue weighted by atomic mass is 14.8. The van der Waals surface area contributed by atoms with Crippen LogP contribution in [0.3, 0.4) is 0 Å².